The molecule has 6 nitrogen and oxygen atoms in total. The van der Waals surface area contributed by atoms with E-state index in [4.69, 9.17) is 4.42 Å². The van der Waals surface area contributed by atoms with Crippen molar-refractivity contribution in [1.29, 1.82) is 0 Å². The summed E-state index contributed by atoms with van der Waals surface area (Å²) in [7, 11) is 0. The Hall–Kier alpha value is -2.44. The van der Waals surface area contributed by atoms with Gasteiger partial charge in [-0.2, -0.15) is 0 Å². The van der Waals surface area contributed by atoms with Crippen LogP contribution in [0.25, 0.3) is 0 Å². The van der Waals surface area contributed by atoms with Gasteiger partial charge in [-0.25, -0.2) is 9.18 Å². The molecule has 1 aliphatic carbocycles. The van der Waals surface area contributed by atoms with Gasteiger partial charge < -0.3 is 9.73 Å². The van der Waals surface area contributed by atoms with Crippen LogP contribution in [-0.4, -0.2) is 22.3 Å². The summed E-state index contributed by atoms with van der Waals surface area (Å²) in [5, 5.41) is 13.1. The third kappa shape index (κ3) is 4.51. The van der Waals surface area contributed by atoms with Crippen LogP contribution in [0.15, 0.2) is 28.7 Å². The van der Waals surface area contributed by atoms with E-state index in [1.807, 2.05) is 0 Å². The van der Waals surface area contributed by atoms with Crippen molar-refractivity contribution in [3.05, 3.63) is 41.5 Å². The van der Waals surface area contributed by atoms with E-state index in [0.29, 0.717) is 12.3 Å². The van der Waals surface area contributed by atoms with Crippen molar-refractivity contribution in [1.82, 2.24) is 15.5 Å². The van der Waals surface area contributed by atoms with E-state index in [1.54, 1.807) is 12.1 Å². The third-order valence-corrected chi connectivity index (χ3v) is 3.90. The SMILES string of the molecule is O=C(Nc1nnc(Cc2ccc(F)cc2)o1)NC1CCCCC1. The number of carbonyl (C=O) groups excluding carboxylic acids is 1. The van der Waals surface area contributed by atoms with Gasteiger partial charge in [0.1, 0.15) is 5.82 Å². The Morgan fingerprint density at radius 1 is 1.17 bits per heavy atom. The van der Waals surface area contributed by atoms with Crippen LogP contribution in [0, 0.1) is 5.82 Å². The lowest BCUT2D eigenvalue weighted by Crippen LogP contribution is -2.39. The van der Waals surface area contributed by atoms with Gasteiger partial charge >= 0.3 is 12.0 Å². The second-order valence-corrected chi connectivity index (χ2v) is 5.74. The quantitative estimate of drug-likeness (QED) is 0.907. The minimum atomic E-state index is -0.325. The van der Waals surface area contributed by atoms with Crippen LogP contribution in [0.5, 0.6) is 0 Å². The fourth-order valence-corrected chi connectivity index (χ4v) is 2.72. The largest absolute Gasteiger partial charge is 0.407 e. The van der Waals surface area contributed by atoms with Crippen molar-refractivity contribution >= 4 is 12.0 Å². The molecule has 0 spiro atoms. The smallest absolute Gasteiger partial charge is 0.323 e. The average molecular weight is 318 g/mol. The standard InChI is InChI=1S/C16H19FN4O2/c17-12-8-6-11(7-9-12)10-14-20-21-16(23-14)19-15(22)18-13-4-2-1-3-5-13/h6-9,13H,1-5,10H2,(H2,18,19,21,22). The van der Waals surface area contributed by atoms with Crippen LogP contribution >= 0.6 is 0 Å². The molecular formula is C16H19FN4O2. The zero-order valence-electron chi connectivity index (χ0n) is 12.7. The first-order valence-electron chi connectivity index (χ1n) is 7.83. The molecule has 0 atom stereocenters. The summed E-state index contributed by atoms with van der Waals surface area (Å²) in [6.45, 7) is 0. The summed E-state index contributed by atoms with van der Waals surface area (Å²) in [6, 6.07) is 6.02. The summed E-state index contributed by atoms with van der Waals surface area (Å²) >= 11 is 0. The van der Waals surface area contributed by atoms with E-state index in [0.717, 1.165) is 31.2 Å². The molecule has 0 radical (unpaired) electrons. The molecular weight excluding hydrogens is 299 g/mol. The molecule has 0 unspecified atom stereocenters. The molecule has 2 N–H and O–H groups in total. The number of nitrogens with one attached hydrogen (secondary N) is 2. The highest BCUT2D eigenvalue weighted by Gasteiger charge is 2.17. The molecule has 122 valence electrons. The molecule has 0 saturated heterocycles. The van der Waals surface area contributed by atoms with E-state index >= 15 is 0 Å². The number of aromatic nitrogens is 2. The van der Waals surface area contributed by atoms with Gasteiger partial charge in [-0.1, -0.05) is 36.5 Å². The molecule has 1 heterocycles. The number of urea groups is 1. The van der Waals surface area contributed by atoms with Gasteiger partial charge in [0.2, 0.25) is 5.89 Å². The first kappa shape index (κ1) is 15.5. The lowest BCUT2D eigenvalue weighted by Gasteiger charge is -2.22. The van der Waals surface area contributed by atoms with Crippen LogP contribution < -0.4 is 10.6 Å². The Morgan fingerprint density at radius 2 is 1.91 bits per heavy atom. The molecule has 7 heteroatoms. The van der Waals surface area contributed by atoms with Crippen LogP contribution in [-0.2, 0) is 6.42 Å². The van der Waals surface area contributed by atoms with E-state index < -0.39 is 0 Å². The Labute approximate surface area is 133 Å². The van der Waals surface area contributed by atoms with E-state index in [1.165, 1.54) is 18.6 Å². The van der Waals surface area contributed by atoms with Crippen molar-refractivity contribution < 1.29 is 13.6 Å². The third-order valence-electron chi connectivity index (χ3n) is 3.90. The number of hydrogen-bond donors (Lipinski definition) is 2. The molecule has 23 heavy (non-hydrogen) atoms. The molecule has 1 aromatic carbocycles. The zero-order chi connectivity index (χ0) is 16.1. The number of hydrogen-bond acceptors (Lipinski definition) is 4. The second-order valence-electron chi connectivity index (χ2n) is 5.74. The highest BCUT2D eigenvalue weighted by Crippen LogP contribution is 2.17. The van der Waals surface area contributed by atoms with Crippen molar-refractivity contribution in [3.63, 3.8) is 0 Å². The molecule has 1 saturated carbocycles. The van der Waals surface area contributed by atoms with Crippen molar-refractivity contribution in [2.75, 3.05) is 5.32 Å². The van der Waals surface area contributed by atoms with Gasteiger partial charge in [-0.05, 0) is 30.5 Å². The Balaban J connectivity index is 1.52. The topological polar surface area (TPSA) is 80.1 Å². The lowest BCUT2D eigenvalue weighted by molar-refractivity contribution is 0.243. The molecule has 1 aliphatic rings. The van der Waals surface area contributed by atoms with Gasteiger partial charge in [0.15, 0.2) is 0 Å². The number of rotatable bonds is 4. The van der Waals surface area contributed by atoms with Gasteiger partial charge in [0, 0.05) is 6.04 Å². The monoisotopic (exact) mass is 318 g/mol. The average Bonchev–Trinajstić information content (AvgIpc) is 2.97. The number of carbonyl (C=O) groups is 1. The van der Waals surface area contributed by atoms with E-state index in [-0.39, 0.29) is 23.9 Å². The molecule has 2 amide bonds. The molecule has 1 fully saturated rings. The lowest BCUT2D eigenvalue weighted by atomic mass is 9.96. The highest BCUT2D eigenvalue weighted by molar-refractivity contribution is 5.87. The van der Waals surface area contributed by atoms with Gasteiger partial charge in [0.05, 0.1) is 6.42 Å². The number of nitrogens with zero attached hydrogens (tertiary/aromatic N) is 2. The normalized spacial score (nSPS) is 15.3. The Kier molecular flexibility index (Phi) is 4.85. The molecule has 0 bridgehead atoms. The molecule has 3 rings (SSSR count). The van der Waals surface area contributed by atoms with Crippen LogP contribution in [0.1, 0.15) is 43.6 Å². The van der Waals surface area contributed by atoms with Gasteiger partial charge in [-0.15, -0.1) is 5.10 Å². The number of amides is 2. The van der Waals surface area contributed by atoms with E-state index in [2.05, 4.69) is 20.8 Å². The predicted molar refractivity (Wildman–Crippen MR) is 82.5 cm³/mol. The summed E-state index contributed by atoms with van der Waals surface area (Å²) < 4.78 is 18.2. The molecule has 0 aliphatic heterocycles. The fourth-order valence-electron chi connectivity index (χ4n) is 2.72. The second kappa shape index (κ2) is 7.21. The predicted octanol–water partition coefficient (Wildman–Crippen LogP) is 3.25. The van der Waals surface area contributed by atoms with Crippen LogP contribution in [0.3, 0.4) is 0 Å². The minimum absolute atomic E-state index is 0.0652. The maximum atomic E-state index is 12.9. The van der Waals surface area contributed by atoms with Crippen molar-refractivity contribution in [3.8, 4) is 0 Å². The number of halogens is 1. The van der Waals surface area contributed by atoms with Crippen molar-refractivity contribution in [2.45, 2.75) is 44.6 Å². The first-order chi connectivity index (χ1) is 11.2. The maximum absolute atomic E-state index is 12.9. The zero-order valence-corrected chi connectivity index (χ0v) is 12.7. The van der Waals surface area contributed by atoms with E-state index in [9.17, 15) is 9.18 Å². The van der Waals surface area contributed by atoms with Crippen LogP contribution in [0.2, 0.25) is 0 Å². The summed E-state index contributed by atoms with van der Waals surface area (Å²) in [5.74, 6) is 0.0746. The van der Waals surface area contributed by atoms with Gasteiger partial charge in [-0.3, -0.25) is 5.32 Å². The first-order valence-corrected chi connectivity index (χ1v) is 7.83. The molecule has 2 aromatic rings. The van der Waals surface area contributed by atoms with Crippen LogP contribution in [0.4, 0.5) is 15.2 Å². The van der Waals surface area contributed by atoms with Gasteiger partial charge in [0.25, 0.3) is 0 Å². The summed E-state index contributed by atoms with van der Waals surface area (Å²) in [4.78, 5) is 11.9. The summed E-state index contributed by atoms with van der Waals surface area (Å²) in [5.41, 5.74) is 0.855. The van der Waals surface area contributed by atoms with Crippen molar-refractivity contribution in [2.24, 2.45) is 0 Å². The Bertz CT molecular complexity index is 650. The fraction of sp³-hybridized carbons (Fsp3) is 0.438. The Morgan fingerprint density at radius 3 is 2.65 bits per heavy atom. The molecule has 1 aromatic heterocycles. The summed E-state index contributed by atoms with van der Waals surface area (Å²) in [6.07, 6.45) is 5.93. The minimum Gasteiger partial charge on any atom is -0.407 e. The maximum Gasteiger partial charge on any atom is 0.323 e. The number of anilines is 1. The number of benzene rings is 1. The highest BCUT2D eigenvalue weighted by atomic mass is 19.1.